The Morgan fingerprint density at radius 1 is 0.806 bits per heavy atom. The number of likely N-dealkylation sites (N-methyl/N-ethyl adjacent to an activating group) is 1. The highest BCUT2D eigenvalue weighted by Crippen LogP contribution is 2.46. The molecule has 4 heteroatoms. The van der Waals surface area contributed by atoms with Gasteiger partial charge in [0.25, 0.3) is 0 Å². The van der Waals surface area contributed by atoms with Crippen molar-refractivity contribution in [3.8, 4) is 0 Å². The van der Waals surface area contributed by atoms with Gasteiger partial charge in [-0.15, -0.1) is 0 Å². The van der Waals surface area contributed by atoms with Crippen molar-refractivity contribution in [2.75, 3.05) is 25.0 Å². The second-order valence-electron chi connectivity index (χ2n) is 8.84. The topological polar surface area (TPSA) is 6.48 Å². The molecule has 3 aromatic carbocycles. The number of nitrogens with zero attached hydrogens (tertiary/aromatic N) is 2. The summed E-state index contributed by atoms with van der Waals surface area (Å²) in [5, 5.41) is 1.27. The standard InChI is InChI=1S/C27H28Cl2N2/c1-30(23-14-8-13-22(28)25(23)29)26-21-15-17-31(18-16-21)27(26)24(19-9-4-2-5-10-19)20-11-6-3-7-12-20/h2-14,21,24,26-27H,15-18H2,1H3/t26-,27-/m1/s1. The lowest BCUT2D eigenvalue weighted by atomic mass is 9.70. The maximum absolute atomic E-state index is 6.68. The summed E-state index contributed by atoms with van der Waals surface area (Å²) in [7, 11) is 2.20. The van der Waals surface area contributed by atoms with Gasteiger partial charge in [-0.05, 0) is 55.1 Å². The molecule has 0 N–H and O–H groups in total. The largest absolute Gasteiger partial charge is 0.368 e. The van der Waals surface area contributed by atoms with E-state index >= 15 is 0 Å². The monoisotopic (exact) mass is 450 g/mol. The van der Waals surface area contributed by atoms with Crippen LogP contribution in [0.3, 0.4) is 0 Å². The maximum atomic E-state index is 6.68. The van der Waals surface area contributed by atoms with E-state index in [9.17, 15) is 0 Å². The average Bonchev–Trinajstić information content (AvgIpc) is 2.83. The summed E-state index contributed by atoms with van der Waals surface area (Å²) in [6.45, 7) is 2.33. The highest BCUT2D eigenvalue weighted by molar-refractivity contribution is 6.43. The van der Waals surface area contributed by atoms with Crippen LogP contribution in [-0.2, 0) is 0 Å². The minimum Gasteiger partial charge on any atom is -0.368 e. The number of piperidine rings is 3. The van der Waals surface area contributed by atoms with Crippen LogP contribution in [0.4, 0.5) is 5.69 Å². The molecular weight excluding hydrogens is 423 g/mol. The van der Waals surface area contributed by atoms with Crippen molar-refractivity contribution in [1.82, 2.24) is 4.90 Å². The molecule has 0 spiro atoms. The summed E-state index contributed by atoms with van der Waals surface area (Å²) >= 11 is 13.1. The predicted molar refractivity (Wildman–Crippen MR) is 131 cm³/mol. The van der Waals surface area contributed by atoms with E-state index in [1.54, 1.807) is 0 Å². The van der Waals surface area contributed by atoms with Gasteiger partial charge in [0, 0.05) is 25.0 Å². The zero-order valence-electron chi connectivity index (χ0n) is 17.8. The van der Waals surface area contributed by atoms with Gasteiger partial charge in [-0.2, -0.15) is 0 Å². The fourth-order valence-electron chi connectivity index (χ4n) is 5.84. The van der Waals surface area contributed by atoms with Crippen LogP contribution < -0.4 is 4.90 Å². The van der Waals surface area contributed by atoms with Crippen molar-refractivity contribution in [2.24, 2.45) is 5.92 Å². The minimum absolute atomic E-state index is 0.302. The highest BCUT2D eigenvalue weighted by Gasteiger charge is 2.48. The van der Waals surface area contributed by atoms with E-state index in [4.69, 9.17) is 23.2 Å². The summed E-state index contributed by atoms with van der Waals surface area (Å²) in [5.41, 5.74) is 3.78. The van der Waals surface area contributed by atoms with Crippen LogP contribution >= 0.6 is 23.2 Å². The lowest BCUT2D eigenvalue weighted by Crippen LogP contribution is -2.65. The van der Waals surface area contributed by atoms with Crippen LogP contribution in [0.5, 0.6) is 0 Å². The van der Waals surface area contributed by atoms with Crippen molar-refractivity contribution in [3.05, 3.63) is 100 Å². The molecule has 3 aliphatic rings. The van der Waals surface area contributed by atoms with E-state index in [2.05, 4.69) is 83.6 Å². The molecule has 3 aliphatic heterocycles. The Hall–Kier alpha value is -2.00. The Balaban J connectivity index is 1.62. The zero-order chi connectivity index (χ0) is 21.4. The van der Waals surface area contributed by atoms with Gasteiger partial charge in [-0.3, -0.25) is 4.90 Å². The first-order chi connectivity index (χ1) is 15.1. The van der Waals surface area contributed by atoms with Crippen molar-refractivity contribution in [2.45, 2.75) is 30.8 Å². The lowest BCUT2D eigenvalue weighted by molar-refractivity contribution is 0.0186. The smallest absolute Gasteiger partial charge is 0.0825 e. The van der Waals surface area contributed by atoms with Crippen LogP contribution in [0.25, 0.3) is 0 Å². The van der Waals surface area contributed by atoms with Crippen molar-refractivity contribution >= 4 is 28.9 Å². The molecule has 3 fully saturated rings. The zero-order valence-corrected chi connectivity index (χ0v) is 19.3. The molecule has 0 unspecified atom stereocenters. The first-order valence-corrected chi connectivity index (χ1v) is 11.9. The van der Waals surface area contributed by atoms with Gasteiger partial charge < -0.3 is 4.90 Å². The van der Waals surface area contributed by atoms with E-state index in [-0.39, 0.29) is 0 Å². The van der Waals surface area contributed by atoms with Gasteiger partial charge in [0.2, 0.25) is 0 Å². The van der Waals surface area contributed by atoms with E-state index < -0.39 is 0 Å². The average molecular weight is 451 g/mol. The molecule has 160 valence electrons. The van der Waals surface area contributed by atoms with Crippen LogP contribution in [0.15, 0.2) is 78.9 Å². The predicted octanol–water partition coefficient (Wildman–Crippen LogP) is 6.72. The van der Waals surface area contributed by atoms with Gasteiger partial charge in [-0.1, -0.05) is 89.9 Å². The first kappa shape index (κ1) is 20.9. The Bertz CT molecular complexity index is 976. The fourth-order valence-corrected chi connectivity index (χ4v) is 6.27. The van der Waals surface area contributed by atoms with Crippen LogP contribution in [0, 0.1) is 5.92 Å². The molecule has 2 atom stereocenters. The van der Waals surface area contributed by atoms with Gasteiger partial charge in [0.1, 0.15) is 0 Å². The van der Waals surface area contributed by atoms with E-state index in [0.717, 1.165) is 5.69 Å². The molecule has 0 aliphatic carbocycles. The number of hydrogen-bond acceptors (Lipinski definition) is 2. The first-order valence-electron chi connectivity index (χ1n) is 11.2. The maximum Gasteiger partial charge on any atom is 0.0825 e. The molecule has 3 saturated heterocycles. The van der Waals surface area contributed by atoms with Gasteiger partial charge in [0.05, 0.1) is 15.7 Å². The molecule has 3 heterocycles. The molecular formula is C27H28Cl2N2. The van der Waals surface area contributed by atoms with Crippen molar-refractivity contribution in [1.29, 1.82) is 0 Å². The third-order valence-electron chi connectivity index (χ3n) is 7.25. The number of rotatable bonds is 5. The normalized spacial score (nSPS) is 25.0. The number of benzene rings is 3. The fraction of sp³-hybridized carbons (Fsp3) is 0.333. The van der Waals surface area contributed by atoms with Crippen molar-refractivity contribution in [3.63, 3.8) is 0 Å². The molecule has 2 bridgehead atoms. The van der Waals surface area contributed by atoms with E-state index in [0.29, 0.717) is 34.0 Å². The minimum atomic E-state index is 0.302. The van der Waals surface area contributed by atoms with Crippen molar-refractivity contribution < 1.29 is 0 Å². The molecule has 31 heavy (non-hydrogen) atoms. The quantitative estimate of drug-likeness (QED) is 0.425. The van der Waals surface area contributed by atoms with Gasteiger partial charge in [-0.25, -0.2) is 0 Å². The Morgan fingerprint density at radius 3 is 1.97 bits per heavy atom. The van der Waals surface area contributed by atoms with Crippen LogP contribution in [0.2, 0.25) is 10.0 Å². The number of anilines is 1. The highest BCUT2D eigenvalue weighted by atomic mass is 35.5. The number of hydrogen-bond donors (Lipinski definition) is 0. The Kier molecular flexibility index (Phi) is 5.97. The Labute approximate surface area is 195 Å². The molecule has 0 saturated carbocycles. The molecule has 0 amide bonds. The molecule has 2 nitrogen and oxygen atoms in total. The molecule has 6 rings (SSSR count). The summed E-state index contributed by atoms with van der Waals surface area (Å²) in [6, 6.07) is 28.7. The lowest BCUT2D eigenvalue weighted by Gasteiger charge is -2.56. The number of fused-ring (bicyclic) bond motifs is 3. The Morgan fingerprint density at radius 2 is 1.39 bits per heavy atom. The molecule has 0 aromatic heterocycles. The van der Waals surface area contributed by atoms with E-state index in [1.807, 2.05) is 12.1 Å². The summed E-state index contributed by atoms with van der Waals surface area (Å²) in [5.74, 6) is 0.945. The number of halogens is 2. The third kappa shape index (κ3) is 3.86. The third-order valence-corrected chi connectivity index (χ3v) is 8.05. The van der Waals surface area contributed by atoms with Gasteiger partial charge >= 0.3 is 0 Å². The van der Waals surface area contributed by atoms with Crippen LogP contribution in [0.1, 0.15) is 29.9 Å². The molecule has 0 radical (unpaired) electrons. The second-order valence-corrected chi connectivity index (χ2v) is 9.62. The summed E-state index contributed by atoms with van der Waals surface area (Å²) in [6.07, 6.45) is 2.47. The molecule has 3 aromatic rings. The summed E-state index contributed by atoms with van der Waals surface area (Å²) < 4.78 is 0. The van der Waals surface area contributed by atoms with Crippen LogP contribution in [-0.4, -0.2) is 37.1 Å². The SMILES string of the molecule is CN(c1cccc(Cl)c1Cl)[C@@H]1C2CCN(CC2)[C@@H]1C(c1ccccc1)c1ccccc1. The summed E-state index contributed by atoms with van der Waals surface area (Å²) in [4.78, 5) is 5.12. The van der Waals surface area contributed by atoms with E-state index in [1.165, 1.54) is 37.1 Å². The second kappa shape index (κ2) is 8.86. The van der Waals surface area contributed by atoms with Gasteiger partial charge in [0.15, 0.2) is 0 Å².